The number of carboxylic acid groups (broad SMARTS) is 3. The third kappa shape index (κ3) is 13.5. The van der Waals surface area contributed by atoms with Gasteiger partial charge in [0.2, 0.25) is 11.8 Å². The minimum absolute atomic E-state index is 0.0346. The Hall–Kier alpha value is -5.50. The highest BCUT2D eigenvalue weighted by Crippen LogP contribution is 2.47. The molecular formula is C45H63N11O10. The molecule has 1 aromatic heterocycles. The molecule has 0 unspecified atom stereocenters. The summed E-state index contributed by atoms with van der Waals surface area (Å²) in [4.78, 5) is 90.1. The number of hydrazine groups is 1. The molecule has 1 saturated carbocycles. The van der Waals surface area contributed by atoms with E-state index in [9.17, 15) is 49.3 Å². The Labute approximate surface area is 384 Å². The lowest BCUT2D eigenvalue weighted by molar-refractivity contribution is -0.141. The Morgan fingerprint density at radius 1 is 0.742 bits per heavy atom. The lowest BCUT2D eigenvalue weighted by Crippen LogP contribution is -2.55. The van der Waals surface area contributed by atoms with E-state index < -0.39 is 23.9 Å². The number of carboxylic acids is 3. The molecule has 0 spiro atoms. The monoisotopic (exact) mass is 917 g/mol. The number of piperidine rings is 3. The molecule has 1 aliphatic carbocycles. The highest BCUT2D eigenvalue weighted by atomic mass is 16.5. The predicted octanol–water partition coefficient (Wildman–Crippen LogP) is -0.256. The fourth-order valence-corrected chi connectivity index (χ4v) is 9.80. The molecule has 358 valence electrons. The molecular weight excluding hydrogens is 855 g/mol. The van der Waals surface area contributed by atoms with Crippen LogP contribution in [0.1, 0.15) is 48.9 Å². The molecule has 4 saturated heterocycles. The molecule has 2 aromatic rings. The van der Waals surface area contributed by atoms with E-state index in [1.807, 2.05) is 23.1 Å². The first-order valence-corrected chi connectivity index (χ1v) is 23.1. The van der Waals surface area contributed by atoms with Crippen molar-refractivity contribution in [2.45, 2.75) is 50.6 Å². The van der Waals surface area contributed by atoms with Gasteiger partial charge in [0.1, 0.15) is 11.8 Å². The van der Waals surface area contributed by atoms with Gasteiger partial charge >= 0.3 is 17.9 Å². The van der Waals surface area contributed by atoms with E-state index in [4.69, 9.17) is 4.74 Å². The number of nitriles is 1. The van der Waals surface area contributed by atoms with Gasteiger partial charge in [0.05, 0.1) is 63.1 Å². The van der Waals surface area contributed by atoms with Crippen LogP contribution in [-0.4, -0.2) is 220 Å². The van der Waals surface area contributed by atoms with Crippen molar-refractivity contribution in [3.05, 3.63) is 36.0 Å². The number of hydrogen-bond donors (Lipinski definition) is 5. The van der Waals surface area contributed by atoms with Gasteiger partial charge in [-0.1, -0.05) is 0 Å². The SMILES string of the molecule is N#C[C@@H]1C[C@@H]2C[C@@H]2N1C(=O)CNC(=O)c1ccnc2ccc(OCC3CCN(CC4CCN(C(=O)CN5CCN(CC(=O)O)CCN(CC(=O)O)CCN(CC(=O)O)CN5)CC4)CC3)cc12. The predicted molar refractivity (Wildman–Crippen MR) is 238 cm³/mol. The van der Waals surface area contributed by atoms with E-state index >= 15 is 0 Å². The number of aromatic nitrogens is 1. The van der Waals surface area contributed by atoms with Crippen molar-refractivity contribution in [2.75, 3.05) is 118 Å². The molecule has 5 fully saturated rings. The Bertz CT molecular complexity index is 2070. The van der Waals surface area contributed by atoms with Gasteiger partial charge in [-0.3, -0.25) is 48.5 Å². The van der Waals surface area contributed by atoms with Crippen LogP contribution in [0.4, 0.5) is 0 Å². The van der Waals surface area contributed by atoms with Crippen LogP contribution in [0, 0.1) is 29.1 Å². The van der Waals surface area contributed by atoms with Gasteiger partial charge in [-0.05, 0) is 93.6 Å². The number of nitrogens with zero attached hydrogens (tertiary/aromatic N) is 9. The topological polar surface area (TPSA) is 256 Å². The van der Waals surface area contributed by atoms with Crippen LogP contribution < -0.4 is 15.5 Å². The third-order valence-corrected chi connectivity index (χ3v) is 13.6. The van der Waals surface area contributed by atoms with Crippen LogP contribution >= 0.6 is 0 Å². The highest BCUT2D eigenvalue weighted by molar-refractivity contribution is 6.07. The number of hydrogen-bond acceptors (Lipinski definition) is 15. The number of likely N-dealkylation sites (tertiary alicyclic amines) is 3. The molecule has 5 aliphatic rings. The summed E-state index contributed by atoms with van der Waals surface area (Å²) in [6, 6.07) is 9.06. The van der Waals surface area contributed by atoms with Crippen molar-refractivity contribution in [3.63, 3.8) is 0 Å². The summed E-state index contributed by atoms with van der Waals surface area (Å²) in [6.45, 7) is 5.59. The van der Waals surface area contributed by atoms with Gasteiger partial charge < -0.3 is 40.1 Å². The molecule has 5 N–H and O–H groups in total. The number of fused-ring (bicyclic) bond motifs is 2. The second kappa shape index (κ2) is 22.8. The number of benzene rings is 1. The van der Waals surface area contributed by atoms with Crippen molar-refractivity contribution >= 4 is 46.5 Å². The Morgan fingerprint density at radius 3 is 2.05 bits per heavy atom. The van der Waals surface area contributed by atoms with Crippen LogP contribution in [0.5, 0.6) is 5.75 Å². The molecule has 66 heavy (non-hydrogen) atoms. The van der Waals surface area contributed by atoms with Crippen LogP contribution in [0.15, 0.2) is 30.5 Å². The summed E-state index contributed by atoms with van der Waals surface area (Å²) in [7, 11) is 0. The van der Waals surface area contributed by atoms with E-state index in [0.29, 0.717) is 92.3 Å². The molecule has 7 rings (SSSR count). The number of aliphatic carboxylic acids is 3. The second-order valence-corrected chi connectivity index (χ2v) is 18.4. The van der Waals surface area contributed by atoms with E-state index in [1.165, 1.54) is 0 Å². The summed E-state index contributed by atoms with van der Waals surface area (Å²) < 4.78 is 6.27. The lowest BCUT2D eigenvalue weighted by atomic mass is 9.93. The maximum atomic E-state index is 13.6. The maximum absolute atomic E-state index is 13.6. The lowest BCUT2D eigenvalue weighted by Gasteiger charge is -2.38. The van der Waals surface area contributed by atoms with Gasteiger partial charge in [-0.15, -0.1) is 0 Å². The summed E-state index contributed by atoms with van der Waals surface area (Å²) in [5, 5.41) is 43.0. The first-order chi connectivity index (χ1) is 31.8. The smallest absolute Gasteiger partial charge is 0.317 e. The average molecular weight is 918 g/mol. The first kappa shape index (κ1) is 48.4. The van der Waals surface area contributed by atoms with E-state index in [-0.39, 0.29) is 76.2 Å². The molecule has 3 atom stereocenters. The van der Waals surface area contributed by atoms with Crippen LogP contribution in [0.3, 0.4) is 0 Å². The van der Waals surface area contributed by atoms with Crippen molar-refractivity contribution < 1.29 is 48.8 Å². The molecule has 21 heteroatoms. The maximum Gasteiger partial charge on any atom is 0.317 e. The quantitative estimate of drug-likeness (QED) is 0.145. The number of rotatable bonds is 16. The number of amides is 3. The molecule has 4 aliphatic heterocycles. The van der Waals surface area contributed by atoms with Gasteiger partial charge in [0.15, 0.2) is 0 Å². The number of pyridine rings is 1. The molecule has 0 bridgehead atoms. The number of ether oxygens (including phenoxy) is 1. The van der Waals surface area contributed by atoms with Crippen molar-refractivity contribution in [1.29, 1.82) is 5.26 Å². The Kier molecular flexibility index (Phi) is 16.7. The van der Waals surface area contributed by atoms with Gasteiger partial charge in [-0.25, -0.2) is 10.4 Å². The fraction of sp³-hybridized carbons (Fsp3) is 0.644. The van der Waals surface area contributed by atoms with Crippen LogP contribution in [-0.2, 0) is 24.0 Å². The summed E-state index contributed by atoms with van der Waals surface area (Å²) in [6.07, 6.45) is 6.92. The van der Waals surface area contributed by atoms with Crippen molar-refractivity contribution in [2.24, 2.45) is 17.8 Å². The summed E-state index contributed by atoms with van der Waals surface area (Å²) in [5.74, 6) is -1.88. The zero-order valence-corrected chi connectivity index (χ0v) is 37.5. The molecule has 21 nitrogen and oxygen atoms in total. The molecule has 0 radical (unpaired) electrons. The van der Waals surface area contributed by atoms with Crippen molar-refractivity contribution in [3.8, 4) is 11.8 Å². The number of nitrogens with one attached hydrogen (secondary N) is 2. The Balaban J connectivity index is 0.835. The van der Waals surface area contributed by atoms with Gasteiger partial charge in [0, 0.05) is 76.5 Å². The molecule has 1 aromatic carbocycles. The molecule has 5 heterocycles. The van der Waals surface area contributed by atoms with E-state index in [1.54, 1.807) is 36.9 Å². The molecule has 3 amide bonds. The van der Waals surface area contributed by atoms with Crippen molar-refractivity contribution in [1.82, 2.24) is 50.1 Å². The highest BCUT2D eigenvalue weighted by Gasteiger charge is 2.54. The largest absolute Gasteiger partial charge is 0.493 e. The second-order valence-electron chi connectivity index (χ2n) is 18.4. The first-order valence-electron chi connectivity index (χ1n) is 23.1. The van der Waals surface area contributed by atoms with Gasteiger partial charge in [0.25, 0.3) is 5.91 Å². The average Bonchev–Trinajstić information content (AvgIpc) is 3.96. The standard InChI is InChI=1S/C45H63N11O10/c46-22-34-19-33-20-39(33)56(34)40(57)23-48-45(65)36-3-8-47-38-2-1-35(21-37(36)38)66-29-32-4-9-50(10-5-32)24-31-6-11-54(12-7-31)41(58)25-55-18-17-52(27-43(61)62)14-13-51(26-42(59)60)15-16-53(30-49-55)28-44(63)64/h1-3,8,21,31-34,39,49H,4-7,9-20,23-30H2,(H,48,65)(H,59,60)(H,61,62)(H,63,64)/t33-,34+,39+/m1/s1. The number of carbonyl (C=O) groups is 6. The van der Waals surface area contributed by atoms with Gasteiger partial charge in [-0.2, -0.15) is 5.26 Å². The fourth-order valence-electron chi connectivity index (χ4n) is 9.80. The van der Waals surface area contributed by atoms with Crippen LogP contribution in [0.25, 0.3) is 10.9 Å². The Morgan fingerprint density at radius 2 is 1.38 bits per heavy atom. The number of carbonyl (C=O) groups excluding carboxylic acids is 3. The normalized spacial score (nSPS) is 23.6. The van der Waals surface area contributed by atoms with E-state index in [0.717, 1.165) is 51.7 Å². The zero-order valence-electron chi connectivity index (χ0n) is 37.5. The van der Waals surface area contributed by atoms with E-state index in [2.05, 4.69) is 26.7 Å². The minimum Gasteiger partial charge on any atom is -0.493 e. The summed E-state index contributed by atoms with van der Waals surface area (Å²) in [5.41, 5.74) is 4.24. The minimum atomic E-state index is -1.03. The van der Waals surface area contributed by atoms with Crippen LogP contribution in [0.2, 0.25) is 0 Å². The third-order valence-electron chi connectivity index (χ3n) is 13.6. The zero-order chi connectivity index (χ0) is 46.7. The summed E-state index contributed by atoms with van der Waals surface area (Å²) >= 11 is 0.